The van der Waals surface area contributed by atoms with Gasteiger partial charge in [0.15, 0.2) is 0 Å². The minimum Gasteiger partial charge on any atom is -0.748 e. The van der Waals surface area contributed by atoms with Crippen molar-refractivity contribution < 1.29 is 17.8 Å². The van der Waals surface area contributed by atoms with Crippen molar-refractivity contribution >= 4 is 39.2 Å². The monoisotopic (exact) mass is 898 g/mol. The predicted octanol–water partition coefficient (Wildman–Crippen LogP) is 17.2. The Morgan fingerprint density at radius 1 is 0.594 bits per heavy atom. The van der Waals surface area contributed by atoms with Gasteiger partial charge in [-0.3, -0.25) is 4.79 Å². The third-order valence-corrected chi connectivity index (χ3v) is 11.0. The van der Waals surface area contributed by atoms with Gasteiger partial charge in [-0.2, -0.15) is 0 Å². The smallest absolute Gasteiger partial charge is 0.227 e. The molecule has 1 aliphatic rings. The Hall–Kier alpha value is -4.07. The van der Waals surface area contributed by atoms with Crippen LogP contribution in [-0.4, -0.2) is 30.8 Å². The Morgan fingerprint density at radius 2 is 1.00 bits per heavy atom. The molecule has 0 saturated heterocycles. The van der Waals surface area contributed by atoms with Crippen molar-refractivity contribution in [2.24, 2.45) is 10.9 Å². The minimum atomic E-state index is -3.92. The highest BCUT2D eigenvalue weighted by Gasteiger charge is 2.18. The molecule has 0 heterocycles. The van der Waals surface area contributed by atoms with Crippen molar-refractivity contribution in [2.75, 3.05) is 11.6 Å². The van der Waals surface area contributed by atoms with Gasteiger partial charge in [0, 0.05) is 17.9 Å². The number of nitrogens with one attached hydrogen (secondary N) is 1. The fourth-order valence-corrected chi connectivity index (χ4v) is 7.58. The van der Waals surface area contributed by atoms with Crippen LogP contribution < -0.4 is 5.32 Å². The van der Waals surface area contributed by atoms with Crippen LogP contribution in [0.3, 0.4) is 0 Å². The second-order valence-corrected chi connectivity index (χ2v) is 18.0. The van der Waals surface area contributed by atoms with E-state index in [9.17, 15) is 4.79 Å². The highest BCUT2D eigenvalue weighted by atomic mass is 32.2. The number of aliphatic imine (C=N–C) groups is 1. The molecule has 4 rings (SSSR count). The normalized spacial score (nSPS) is 11.7. The molecule has 0 spiro atoms. The molecule has 358 valence electrons. The van der Waals surface area contributed by atoms with Crippen molar-refractivity contribution in [3.05, 3.63) is 125 Å². The maximum absolute atomic E-state index is 13.6. The number of carbonyl (C=O) groups is 1. The molecule has 1 amide bonds. The van der Waals surface area contributed by atoms with Crippen LogP contribution in [0.5, 0.6) is 0 Å². The van der Waals surface area contributed by atoms with Crippen molar-refractivity contribution in [1.29, 1.82) is 0 Å². The van der Waals surface area contributed by atoms with Crippen LogP contribution in [0.25, 0.3) is 6.08 Å². The molecular weight excluding hydrogens is 809 g/mol. The Bertz CT molecular complexity index is 1780. The summed E-state index contributed by atoms with van der Waals surface area (Å²) in [6, 6.07) is 27.4. The topological polar surface area (TPSA) is 98.7 Å². The van der Waals surface area contributed by atoms with Crippen LogP contribution in [0.15, 0.2) is 114 Å². The molecule has 3 aromatic rings. The van der Waals surface area contributed by atoms with E-state index in [1.54, 1.807) is 0 Å². The number of hydrogen-bond acceptors (Lipinski definition) is 5. The van der Waals surface area contributed by atoms with E-state index < -0.39 is 10.1 Å². The molecule has 0 bridgehead atoms. The van der Waals surface area contributed by atoms with Gasteiger partial charge in [-0.05, 0) is 84.0 Å². The van der Waals surface area contributed by atoms with Gasteiger partial charge >= 0.3 is 0 Å². The number of benzene rings is 3. The first-order valence-corrected chi connectivity index (χ1v) is 26.1. The lowest BCUT2D eigenvalue weighted by atomic mass is 9.93. The summed E-state index contributed by atoms with van der Waals surface area (Å²) in [6.45, 7) is 8.57. The molecule has 3 aromatic carbocycles. The molecule has 0 saturated carbocycles. The molecule has 64 heavy (non-hydrogen) atoms. The Morgan fingerprint density at radius 3 is 1.44 bits per heavy atom. The zero-order valence-corrected chi connectivity index (χ0v) is 40.0. The third-order valence-electron chi connectivity index (χ3n) is 11.0. The van der Waals surface area contributed by atoms with E-state index in [2.05, 4.69) is 116 Å². The summed E-state index contributed by atoms with van der Waals surface area (Å²) in [7, 11) is -3.92. The summed E-state index contributed by atoms with van der Waals surface area (Å²) in [5, 5.41) is 3.28. The summed E-state index contributed by atoms with van der Waals surface area (Å²) in [5.41, 5.74) is 7.63. The molecule has 0 aromatic heterocycles. The number of rotatable bonds is 28. The lowest BCUT2D eigenvalue weighted by Gasteiger charge is -2.17. The number of amides is 1. The quantitative estimate of drug-likeness (QED) is 0.0580. The van der Waals surface area contributed by atoms with Gasteiger partial charge in [0.1, 0.15) is 0 Å². The van der Waals surface area contributed by atoms with E-state index >= 15 is 0 Å². The SMILES string of the molecule is C.C.CC.CCCCCCCCCCCCC(CCCCCCCCCCCC)C(=O)Nc1ccc(C=C2C=CC(=Nc3ccc(Cc4ccccc4)cc3)C=C2)cc1.CS(=O)(=O)[O-]. The first-order chi connectivity index (χ1) is 30.1. The first-order valence-electron chi connectivity index (χ1n) is 24.2. The van der Waals surface area contributed by atoms with Crippen molar-refractivity contribution in [2.45, 2.75) is 190 Å². The first kappa shape index (κ1) is 59.9. The van der Waals surface area contributed by atoms with E-state index in [1.165, 1.54) is 127 Å². The molecule has 0 fully saturated rings. The average molecular weight is 898 g/mol. The largest absolute Gasteiger partial charge is 0.748 e. The number of nitrogens with zero attached hydrogens (tertiary/aromatic N) is 1. The van der Waals surface area contributed by atoms with Crippen LogP contribution in [0.2, 0.25) is 0 Å². The van der Waals surface area contributed by atoms with Crippen molar-refractivity contribution in [1.82, 2.24) is 0 Å². The zero-order chi connectivity index (χ0) is 45.1. The van der Waals surface area contributed by atoms with Gasteiger partial charge in [0.05, 0.1) is 21.5 Å². The summed E-state index contributed by atoms with van der Waals surface area (Å²) in [4.78, 5) is 18.4. The van der Waals surface area contributed by atoms with Crippen LogP contribution >= 0.6 is 0 Å². The van der Waals surface area contributed by atoms with Crippen LogP contribution in [-0.2, 0) is 21.3 Å². The van der Waals surface area contributed by atoms with Gasteiger partial charge in [-0.1, -0.05) is 238 Å². The minimum absolute atomic E-state index is 0. The predicted molar refractivity (Wildman–Crippen MR) is 281 cm³/mol. The summed E-state index contributed by atoms with van der Waals surface area (Å²) in [5.74, 6) is 0.305. The maximum Gasteiger partial charge on any atom is 0.227 e. The molecule has 7 heteroatoms. The lowest BCUT2D eigenvalue weighted by Crippen LogP contribution is -2.23. The Kier molecular flexibility index (Phi) is 35.8. The van der Waals surface area contributed by atoms with Crippen molar-refractivity contribution in [3.63, 3.8) is 0 Å². The van der Waals surface area contributed by atoms with Gasteiger partial charge in [0.25, 0.3) is 0 Å². The van der Waals surface area contributed by atoms with Gasteiger partial charge in [-0.15, -0.1) is 0 Å². The molecule has 0 unspecified atom stereocenters. The van der Waals surface area contributed by atoms with Crippen LogP contribution in [0, 0.1) is 5.92 Å². The fraction of sp³-hybridized carbons (Fsp3) is 0.544. The third kappa shape index (κ3) is 30.9. The fourth-order valence-electron chi connectivity index (χ4n) is 7.58. The zero-order valence-electron chi connectivity index (χ0n) is 39.2. The van der Waals surface area contributed by atoms with E-state index in [-0.39, 0.29) is 26.7 Å². The highest BCUT2D eigenvalue weighted by molar-refractivity contribution is 7.84. The van der Waals surface area contributed by atoms with E-state index in [4.69, 9.17) is 18.0 Å². The van der Waals surface area contributed by atoms with E-state index in [0.717, 1.165) is 60.3 Å². The number of allylic oxidation sites excluding steroid dienone is 5. The van der Waals surface area contributed by atoms with Gasteiger partial charge in [0.2, 0.25) is 5.91 Å². The lowest BCUT2D eigenvalue weighted by molar-refractivity contribution is -0.120. The average Bonchev–Trinajstić information content (AvgIpc) is 3.26. The molecule has 0 atom stereocenters. The van der Waals surface area contributed by atoms with Crippen LogP contribution in [0.4, 0.5) is 11.4 Å². The molecule has 6 nitrogen and oxygen atoms in total. The standard InChI is InChI=1S/C52H72N2O.C2H6.CH4O3S.2CH4/c1-3-5-7-9-11-13-15-17-19-24-28-48(29-25-20-18-16-14-12-10-8-6-4-2)52(55)54-51-40-34-47(35-41-51)43-46-32-38-50(39-33-46)53-49-36-30-45(31-37-49)42-44-26-22-21-23-27-44;1-2;1-5(2,3)4;;/h21-23,26-27,30-41,43,48H,3-20,24-25,28-29,42H2,1-2H3,(H,54,55);1-2H3;1H3,(H,2,3,4);2*1H4/p-1. The number of unbranched alkanes of at least 4 members (excludes halogenated alkanes) is 18. The second kappa shape index (κ2) is 38.2. The summed E-state index contributed by atoms with van der Waals surface area (Å²) < 4.78 is 27.2. The second-order valence-electron chi connectivity index (χ2n) is 16.6. The molecule has 0 aliphatic heterocycles. The van der Waals surface area contributed by atoms with Crippen molar-refractivity contribution in [3.8, 4) is 0 Å². The summed E-state index contributed by atoms with van der Waals surface area (Å²) in [6.07, 6.45) is 40.7. The van der Waals surface area contributed by atoms with Gasteiger partial charge in [-0.25, -0.2) is 13.4 Å². The maximum atomic E-state index is 13.6. The number of carbonyl (C=O) groups excluding carboxylic acids is 1. The summed E-state index contributed by atoms with van der Waals surface area (Å²) >= 11 is 0. The van der Waals surface area contributed by atoms with E-state index in [0.29, 0.717) is 6.26 Å². The number of hydrogen-bond donors (Lipinski definition) is 1. The molecular formula is C57H89N2O4S-. The Balaban J connectivity index is 0.00000411. The molecule has 1 aliphatic carbocycles. The van der Waals surface area contributed by atoms with Crippen LogP contribution in [0.1, 0.15) is 200 Å². The molecule has 0 radical (unpaired) electrons. The molecule has 1 N–H and O–H groups in total. The highest BCUT2D eigenvalue weighted by Crippen LogP contribution is 2.24. The van der Waals surface area contributed by atoms with E-state index in [1.807, 2.05) is 26.0 Å². The van der Waals surface area contributed by atoms with Gasteiger partial charge < -0.3 is 9.87 Å². The Labute approximate surface area is 393 Å². The number of anilines is 1.